The van der Waals surface area contributed by atoms with Crippen LogP contribution in [0.2, 0.25) is 0 Å². The fraction of sp³-hybridized carbons (Fsp3) is 0.393. The number of amides is 1. The number of aliphatic hydroxyl groups excluding tert-OH is 1. The van der Waals surface area contributed by atoms with Crippen LogP contribution in [-0.4, -0.2) is 96.4 Å². The molecule has 2 saturated heterocycles. The maximum Gasteiger partial charge on any atom is 0.260 e. The van der Waals surface area contributed by atoms with Gasteiger partial charge >= 0.3 is 0 Å². The van der Waals surface area contributed by atoms with E-state index in [1.807, 2.05) is 12.1 Å². The van der Waals surface area contributed by atoms with Crippen molar-refractivity contribution in [3.8, 4) is 17.0 Å². The Hall–Kier alpha value is -3.60. The molecule has 1 aromatic carbocycles. The zero-order valence-corrected chi connectivity index (χ0v) is 21.5. The van der Waals surface area contributed by atoms with E-state index in [4.69, 9.17) is 9.72 Å². The minimum absolute atomic E-state index is 0.0520. The van der Waals surface area contributed by atoms with Gasteiger partial charge in [-0.2, -0.15) is 0 Å². The van der Waals surface area contributed by atoms with Crippen molar-refractivity contribution in [1.82, 2.24) is 19.8 Å². The van der Waals surface area contributed by atoms with E-state index in [9.17, 15) is 14.3 Å². The number of carbonyl (C=O) groups is 1. The maximum absolute atomic E-state index is 14.9. The number of pyridine rings is 2. The molecule has 10 heteroatoms. The number of aliphatic hydroxyl groups is 1. The molecule has 3 aliphatic rings. The third kappa shape index (κ3) is 4.28. The molecule has 0 unspecified atom stereocenters. The molecule has 198 valence electrons. The number of fused-ring (bicyclic) bond motifs is 1. The van der Waals surface area contributed by atoms with Gasteiger partial charge in [-0.1, -0.05) is 12.1 Å². The largest absolute Gasteiger partial charge is 0.496 e. The van der Waals surface area contributed by atoms with E-state index in [0.717, 1.165) is 32.0 Å². The molecule has 2 aromatic heterocycles. The van der Waals surface area contributed by atoms with E-state index in [1.54, 1.807) is 29.2 Å². The maximum atomic E-state index is 14.9. The quantitative estimate of drug-likeness (QED) is 0.551. The first-order chi connectivity index (χ1) is 18.4. The second-order valence-corrected chi connectivity index (χ2v) is 10.1. The monoisotopic (exact) mass is 518 g/mol. The molecule has 0 aliphatic carbocycles. The average Bonchev–Trinajstić information content (AvgIpc) is 3.49. The summed E-state index contributed by atoms with van der Waals surface area (Å²) in [4.78, 5) is 31.1. The molecule has 9 nitrogen and oxygen atoms in total. The SMILES string of the molecule is COc1cccc(F)c1-c1nccc2c1CN(c1cccc(N3C[C@@H](O)[C@H](N4CCN(C)CC4)C3)n1)C2=O. The van der Waals surface area contributed by atoms with Crippen molar-refractivity contribution in [2.75, 3.05) is 63.2 Å². The highest BCUT2D eigenvalue weighted by molar-refractivity contribution is 6.10. The van der Waals surface area contributed by atoms with Crippen LogP contribution in [0, 0.1) is 5.82 Å². The Morgan fingerprint density at radius 2 is 1.79 bits per heavy atom. The first-order valence-electron chi connectivity index (χ1n) is 12.9. The highest BCUT2D eigenvalue weighted by Crippen LogP contribution is 2.38. The fourth-order valence-electron chi connectivity index (χ4n) is 5.74. The van der Waals surface area contributed by atoms with Gasteiger partial charge in [-0.05, 0) is 37.4 Å². The van der Waals surface area contributed by atoms with E-state index in [-0.39, 0.29) is 24.1 Å². The van der Waals surface area contributed by atoms with Gasteiger partial charge in [-0.15, -0.1) is 0 Å². The number of ether oxygens (including phenoxy) is 1. The van der Waals surface area contributed by atoms with Gasteiger partial charge in [-0.3, -0.25) is 19.6 Å². The number of rotatable bonds is 5. The average molecular weight is 519 g/mol. The van der Waals surface area contributed by atoms with E-state index >= 15 is 0 Å². The van der Waals surface area contributed by atoms with Crippen molar-refractivity contribution in [2.45, 2.75) is 18.7 Å². The summed E-state index contributed by atoms with van der Waals surface area (Å²) < 4.78 is 20.3. The van der Waals surface area contributed by atoms with E-state index in [2.05, 4.69) is 26.7 Å². The molecule has 6 rings (SSSR count). The summed E-state index contributed by atoms with van der Waals surface area (Å²) >= 11 is 0. The van der Waals surface area contributed by atoms with E-state index in [1.165, 1.54) is 19.4 Å². The fourth-order valence-corrected chi connectivity index (χ4v) is 5.74. The van der Waals surface area contributed by atoms with Crippen LogP contribution >= 0.6 is 0 Å². The molecule has 0 saturated carbocycles. The molecule has 38 heavy (non-hydrogen) atoms. The second-order valence-electron chi connectivity index (χ2n) is 10.1. The van der Waals surface area contributed by atoms with Gasteiger partial charge < -0.3 is 19.6 Å². The summed E-state index contributed by atoms with van der Waals surface area (Å²) in [6, 6.07) is 11.9. The van der Waals surface area contributed by atoms with Crippen molar-refractivity contribution in [3.05, 3.63) is 65.6 Å². The third-order valence-corrected chi connectivity index (χ3v) is 7.87. The molecular formula is C28H31FN6O3. The molecule has 3 aromatic rings. The number of hydrogen-bond donors (Lipinski definition) is 1. The zero-order valence-electron chi connectivity index (χ0n) is 21.5. The molecule has 1 N–H and O–H groups in total. The van der Waals surface area contributed by atoms with Crippen LogP contribution in [0.15, 0.2) is 48.7 Å². The molecule has 1 amide bonds. The standard InChI is InChI=1S/C28H31FN6O3/c1-32-11-13-33(14-12-32)21-16-34(17-22(21)36)24-7-4-8-25(31-24)35-15-19-18(28(35)37)9-10-30-27(19)26-20(29)5-3-6-23(26)38-2/h3-10,21-22,36H,11-17H2,1-2H3/t21-,22-/m1/s1. The summed E-state index contributed by atoms with van der Waals surface area (Å²) in [5, 5.41) is 10.8. The number of halogens is 1. The van der Waals surface area contributed by atoms with Crippen LogP contribution < -0.4 is 14.5 Å². The Morgan fingerprint density at radius 3 is 2.58 bits per heavy atom. The summed E-state index contributed by atoms with van der Waals surface area (Å²) in [6.07, 6.45) is 1.06. The highest BCUT2D eigenvalue weighted by Gasteiger charge is 2.38. The summed E-state index contributed by atoms with van der Waals surface area (Å²) in [6.45, 7) is 5.23. The van der Waals surface area contributed by atoms with Gasteiger partial charge in [0.25, 0.3) is 5.91 Å². The molecule has 2 fully saturated rings. The van der Waals surface area contributed by atoms with Crippen molar-refractivity contribution in [3.63, 3.8) is 0 Å². The molecule has 3 aliphatic heterocycles. The Balaban J connectivity index is 1.26. The predicted octanol–water partition coefficient (Wildman–Crippen LogP) is 2.25. The first kappa shape index (κ1) is 24.7. The van der Waals surface area contributed by atoms with Crippen molar-refractivity contribution < 1.29 is 19.0 Å². The number of hydrogen-bond acceptors (Lipinski definition) is 8. The van der Waals surface area contributed by atoms with Gasteiger partial charge in [0, 0.05) is 56.6 Å². The summed E-state index contributed by atoms with van der Waals surface area (Å²) in [5.41, 5.74) is 1.74. The Bertz CT molecular complexity index is 1360. The molecule has 5 heterocycles. The van der Waals surface area contributed by atoms with Gasteiger partial charge in [0.2, 0.25) is 0 Å². The Kier molecular flexibility index (Phi) is 6.46. The van der Waals surface area contributed by atoms with Gasteiger partial charge in [0.05, 0.1) is 37.1 Å². The van der Waals surface area contributed by atoms with Crippen molar-refractivity contribution in [1.29, 1.82) is 0 Å². The lowest BCUT2D eigenvalue weighted by Gasteiger charge is -2.37. The van der Waals surface area contributed by atoms with Crippen molar-refractivity contribution >= 4 is 17.5 Å². The number of anilines is 2. The lowest BCUT2D eigenvalue weighted by Crippen LogP contribution is -2.52. The topological polar surface area (TPSA) is 85.3 Å². The van der Waals surface area contributed by atoms with Gasteiger partial charge in [0.15, 0.2) is 0 Å². The van der Waals surface area contributed by atoms with E-state index in [0.29, 0.717) is 41.5 Å². The zero-order chi connectivity index (χ0) is 26.4. The number of aromatic nitrogens is 2. The normalized spacial score (nSPS) is 22.3. The summed E-state index contributed by atoms with van der Waals surface area (Å²) in [7, 11) is 3.60. The number of β-amino-alcohol motifs (C(OH)–C–C–N with tert-alkyl or cyclic N) is 1. The van der Waals surface area contributed by atoms with Crippen molar-refractivity contribution in [2.24, 2.45) is 0 Å². The van der Waals surface area contributed by atoms with Crippen LogP contribution in [0.4, 0.5) is 16.0 Å². The number of benzene rings is 1. The lowest BCUT2D eigenvalue weighted by atomic mass is 10.0. The Labute approximate surface area is 221 Å². The summed E-state index contributed by atoms with van der Waals surface area (Å²) in [5.74, 6) is 0.919. The Morgan fingerprint density at radius 1 is 1.03 bits per heavy atom. The van der Waals surface area contributed by atoms with Crippen LogP contribution in [0.5, 0.6) is 5.75 Å². The van der Waals surface area contributed by atoms with Gasteiger partial charge in [-0.25, -0.2) is 9.37 Å². The minimum Gasteiger partial charge on any atom is -0.496 e. The first-order valence-corrected chi connectivity index (χ1v) is 12.9. The molecule has 2 atom stereocenters. The number of carbonyl (C=O) groups excluding carboxylic acids is 1. The number of likely N-dealkylation sites (N-methyl/N-ethyl adjacent to an activating group) is 1. The van der Waals surface area contributed by atoms with E-state index < -0.39 is 11.9 Å². The second kappa shape index (κ2) is 9.94. The molecule has 0 spiro atoms. The van der Waals surface area contributed by atoms with Crippen LogP contribution in [0.3, 0.4) is 0 Å². The van der Waals surface area contributed by atoms with Crippen LogP contribution in [0.25, 0.3) is 11.3 Å². The number of nitrogens with zero attached hydrogens (tertiary/aromatic N) is 6. The lowest BCUT2D eigenvalue weighted by molar-refractivity contribution is 0.0512. The van der Waals surface area contributed by atoms with Crippen LogP contribution in [-0.2, 0) is 6.54 Å². The predicted molar refractivity (Wildman–Crippen MR) is 142 cm³/mol. The third-order valence-electron chi connectivity index (χ3n) is 7.87. The smallest absolute Gasteiger partial charge is 0.260 e. The number of piperazine rings is 1. The highest BCUT2D eigenvalue weighted by atomic mass is 19.1. The molecular weight excluding hydrogens is 487 g/mol. The van der Waals surface area contributed by atoms with Gasteiger partial charge in [0.1, 0.15) is 23.2 Å². The number of methoxy groups -OCH3 is 1. The van der Waals surface area contributed by atoms with Crippen LogP contribution in [0.1, 0.15) is 15.9 Å². The molecule has 0 radical (unpaired) electrons. The molecule has 0 bridgehead atoms. The minimum atomic E-state index is -0.467.